The van der Waals surface area contributed by atoms with Crippen molar-refractivity contribution in [2.24, 2.45) is 0 Å². The molecule has 3 aromatic rings. The number of hydrogen-bond donors (Lipinski definition) is 0. The van der Waals surface area contributed by atoms with Crippen LogP contribution in [0, 0.1) is 5.82 Å². The van der Waals surface area contributed by atoms with Crippen LogP contribution in [0.5, 0.6) is 0 Å². The predicted molar refractivity (Wildman–Crippen MR) is 81.1 cm³/mol. The number of alkyl halides is 1. The standard InChI is InChI=1S/C14H13ClFN3S/c1-18(9-10-4-2-3-5-11(10)16)13-12(8-15)19-6-7-20-14(19)17-13/h2-7H,8-9H2,1H3. The summed E-state index contributed by atoms with van der Waals surface area (Å²) < 4.78 is 15.7. The first-order valence-electron chi connectivity index (χ1n) is 6.15. The molecule has 3 nitrogen and oxygen atoms in total. The van der Waals surface area contributed by atoms with Gasteiger partial charge in [-0.05, 0) is 6.07 Å². The fraction of sp³-hybridized carbons (Fsp3) is 0.214. The second kappa shape index (κ2) is 5.42. The van der Waals surface area contributed by atoms with E-state index < -0.39 is 0 Å². The molecule has 0 atom stereocenters. The van der Waals surface area contributed by atoms with E-state index in [4.69, 9.17) is 11.6 Å². The number of benzene rings is 1. The first kappa shape index (κ1) is 13.4. The second-order valence-electron chi connectivity index (χ2n) is 4.52. The van der Waals surface area contributed by atoms with Gasteiger partial charge in [-0.1, -0.05) is 18.2 Å². The Morgan fingerprint density at radius 3 is 2.95 bits per heavy atom. The van der Waals surface area contributed by atoms with E-state index in [0.29, 0.717) is 18.0 Å². The first-order chi connectivity index (χ1) is 9.70. The van der Waals surface area contributed by atoms with E-state index >= 15 is 0 Å². The second-order valence-corrected chi connectivity index (χ2v) is 5.66. The lowest BCUT2D eigenvalue weighted by Crippen LogP contribution is -2.19. The van der Waals surface area contributed by atoms with Crippen LogP contribution in [0.15, 0.2) is 35.8 Å². The van der Waals surface area contributed by atoms with Gasteiger partial charge in [-0.2, -0.15) is 0 Å². The van der Waals surface area contributed by atoms with Crippen LogP contribution in [0.4, 0.5) is 10.2 Å². The molecule has 0 saturated carbocycles. The van der Waals surface area contributed by atoms with Crippen molar-refractivity contribution in [1.82, 2.24) is 9.38 Å². The Labute approximate surface area is 125 Å². The summed E-state index contributed by atoms with van der Waals surface area (Å²) in [7, 11) is 1.90. The number of imidazole rings is 1. The van der Waals surface area contributed by atoms with E-state index in [9.17, 15) is 4.39 Å². The molecular formula is C14H13ClFN3S. The molecule has 6 heteroatoms. The van der Waals surface area contributed by atoms with Gasteiger partial charge in [0.15, 0.2) is 10.8 Å². The zero-order valence-corrected chi connectivity index (χ0v) is 12.5. The van der Waals surface area contributed by atoms with Crippen LogP contribution in [-0.4, -0.2) is 16.4 Å². The number of thiazole rings is 1. The minimum atomic E-state index is -0.201. The number of fused-ring (bicyclic) bond motifs is 1. The van der Waals surface area contributed by atoms with Gasteiger partial charge >= 0.3 is 0 Å². The van der Waals surface area contributed by atoms with Crippen LogP contribution in [0.1, 0.15) is 11.3 Å². The number of halogens is 2. The highest BCUT2D eigenvalue weighted by Gasteiger charge is 2.16. The molecule has 0 saturated heterocycles. The van der Waals surface area contributed by atoms with Crippen molar-refractivity contribution in [3.05, 3.63) is 52.9 Å². The third-order valence-electron chi connectivity index (χ3n) is 3.19. The molecule has 0 amide bonds. The van der Waals surface area contributed by atoms with Crippen molar-refractivity contribution in [2.45, 2.75) is 12.4 Å². The molecule has 1 aromatic carbocycles. The van der Waals surface area contributed by atoms with E-state index in [1.807, 2.05) is 34.0 Å². The molecule has 0 bridgehead atoms. The molecule has 0 aliphatic carbocycles. The third-order valence-corrected chi connectivity index (χ3v) is 4.20. The van der Waals surface area contributed by atoms with Crippen LogP contribution in [0.3, 0.4) is 0 Å². The van der Waals surface area contributed by atoms with Crippen LogP contribution in [0.2, 0.25) is 0 Å². The average molecular weight is 310 g/mol. The molecule has 0 spiro atoms. The highest BCUT2D eigenvalue weighted by Crippen LogP contribution is 2.26. The third kappa shape index (κ3) is 2.27. The zero-order valence-electron chi connectivity index (χ0n) is 10.9. The van der Waals surface area contributed by atoms with E-state index in [1.54, 1.807) is 23.5 Å². The van der Waals surface area contributed by atoms with Gasteiger partial charge in [-0.15, -0.1) is 22.9 Å². The Balaban J connectivity index is 1.94. The molecule has 0 radical (unpaired) electrons. The summed E-state index contributed by atoms with van der Waals surface area (Å²) in [5.41, 5.74) is 1.58. The molecule has 0 aliphatic heterocycles. The Bertz CT molecular complexity index is 737. The highest BCUT2D eigenvalue weighted by atomic mass is 35.5. The van der Waals surface area contributed by atoms with E-state index in [1.165, 1.54) is 6.07 Å². The topological polar surface area (TPSA) is 20.5 Å². The van der Waals surface area contributed by atoms with Crippen LogP contribution < -0.4 is 4.90 Å². The van der Waals surface area contributed by atoms with Crippen molar-refractivity contribution in [1.29, 1.82) is 0 Å². The van der Waals surface area contributed by atoms with Gasteiger partial charge in [-0.25, -0.2) is 9.37 Å². The Hall–Kier alpha value is -1.59. The lowest BCUT2D eigenvalue weighted by Gasteiger charge is -2.18. The van der Waals surface area contributed by atoms with E-state index in [2.05, 4.69) is 4.98 Å². The lowest BCUT2D eigenvalue weighted by molar-refractivity contribution is 0.607. The highest BCUT2D eigenvalue weighted by molar-refractivity contribution is 7.15. The van der Waals surface area contributed by atoms with E-state index in [-0.39, 0.29) is 5.82 Å². The molecule has 0 aliphatic rings. The zero-order chi connectivity index (χ0) is 14.1. The van der Waals surface area contributed by atoms with E-state index in [0.717, 1.165) is 16.5 Å². The smallest absolute Gasteiger partial charge is 0.195 e. The summed E-state index contributed by atoms with van der Waals surface area (Å²) in [4.78, 5) is 7.40. The summed E-state index contributed by atoms with van der Waals surface area (Å²) in [6, 6.07) is 6.78. The van der Waals surface area contributed by atoms with Crippen LogP contribution in [0.25, 0.3) is 4.96 Å². The molecule has 2 aromatic heterocycles. The SMILES string of the molecule is CN(Cc1ccccc1F)c1nc2sccn2c1CCl. The van der Waals surface area contributed by atoms with Crippen molar-refractivity contribution in [3.8, 4) is 0 Å². The van der Waals surface area contributed by atoms with Gasteiger partial charge in [-0.3, -0.25) is 4.40 Å². The maximum absolute atomic E-state index is 13.7. The number of nitrogens with zero attached hydrogens (tertiary/aromatic N) is 3. The number of aromatic nitrogens is 2. The summed E-state index contributed by atoms with van der Waals surface area (Å²) in [6.07, 6.45) is 1.95. The summed E-state index contributed by atoms with van der Waals surface area (Å²) in [5.74, 6) is 0.970. The number of hydrogen-bond acceptors (Lipinski definition) is 3. The minimum Gasteiger partial charge on any atom is -0.354 e. The molecular weight excluding hydrogens is 297 g/mol. The van der Waals surface area contributed by atoms with Crippen LogP contribution in [-0.2, 0) is 12.4 Å². The van der Waals surface area contributed by atoms with Gasteiger partial charge in [0.25, 0.3) is 0 Å². The Morgan fingerprint density at radius 2 is 2.20 bits per heavy atom. The summed E-state index contributed by atoms with van der Waals surface area (Å²) in [5, 5.41) is 1.97. The summed E-state index contributed by atoms with van der Waals surface area (Å²) in [6.45, 7) is 0.460. The van der Waals surface area contributed by atoms with Crippen LogP contribution >= 0.6 is 22.9 Å². The molecule has 2 heterocycles. The van der Waals surface area contributed by atoms with Crippen molar-refractivity contribution < 1.29 is 4.39 Å². The van der Waals surface area contributed by atoms with Gasteiger partial charge in [0, 0.05) is 30.7 Å². The molecule has 104 valence electrons. The molecule has 0 fully saturated rings. The largest absolute Gasteiger partial charge is 0.354 e. The van der Waals surface area contributed by atoms with Gasteiger partial charge in [0.2, 0.25) is 0 Å². The molecule has 0 unspecified atom stereocenters. The van der Waals surface area contributed by atoms with Crippen molar-refractivity contribution in [3.63, 3.8) is 0 Å². The number of anilines is 1. The lowest BCUT2D eigenvalue weighted by atomic mass is 10.2. The first-order valence-corrected chi connectivity index (χ1v) is 7.57. The quantitative estimate of drug-likeness (QED) is 0.681. The number of rotatable bonds is 4. The van der Waals surface area contributed by atoms with Crippen molar-refractivity contribution in [2.75, 3.05) is 11.9 Å². The van der Waals surface area contributed by atoms with Gasteiger partial charge < -0.3 is 4.90 Å². The summed E-state index contributed by atoms with van der Waals surface area (Å²) >= 11 is 7.59. The Kier molecular flexibility index (Phi) is 3.63. The fourth-order valence-corrected chi connectivity index (χ4v) is 3.18. The van der Waals surface area contributed by atoms with Gasteiger partial charge in [0.05, 0.1) is 11.6 Å². The fourth-order valence-electron chi connectivity index (χ4n) is 2.21. The molecule has 0 N–H and O–H groups in total. The normalized spacial score (nSPS) is 11.2. The minimum absolute atomic E-state index is 0.201. The predicted octanol–water partition coefficient (Wildman–Crippen LogP) is 3.91. The molecule has 20 heavy (non-hydrogen) atoms. The maximum Gasteiger partial charge on any atom is 0.195 e. The molecule has 3 rings (SSSR count). The monoisotopic (exact) mass is 309 g/mol. The Morgan fingerprint density at radius 1 is 1.40 bits per heavy atom. The maximum atomic E-state index is 13.7. The van der Waals surface area contributed by atoms with Crippen molar-refractivity contribution >= 4 is 33.7 Å². The van der Waals surface area contributed by atoms with Gasteiger partial charge in [0.1, 0.15) is 5.82 Å². The average Bonchev–Trinajstić information content (AvgIpc) is 3.01.